The molecular formula is C16H23NO2. The molecule has 2 aliphatic rings. The molecule has 0 bridgehead atoms. The fourth-order valence-corrected chi connectivity index (χ4v) is 2.64. The van der Waals surface area contributed by atoms with Crippen LogP contribution in [0.5, 0.6) is 11.5 Å². The van der Waals surface area contributed by atoms with Crippen LogP contribution < -0.4 is 14.8 Å². The van der Waals surface area contributed by atoms with E-state index in [-0.39, 0.29) is 0 Å². The Labute approximate surface area is 115 Å². The Morgan fingerprint density at radius 1 is 1.37 bits per heavy atom. The Balaban J connectivity index is 1.73. The van der Waals surface area contributed by atoms with Gasteiger partial charge < -0.3 is 14.8 Å². The zero-order valence-corrected chi connectivity index (χ0v) is 11.9. The summed E-state index contributed by atoms with van der Waals surface area (Å²) in [6.07, 6.45) is 4.05. The number of hydrogen-bond acceptors (Lipinski definition) is 3. The third-order valence-electron chi connectivity index (χ3n) is 3.82. The first-order chi connectivity index (χ1) is 9.26. The van der Waals surface area contributed by atoms with E-state index in [0.29, 0.717) is 12.7 Å². The van der Waals surface area contributed by atoms with Gasteiger partial charge in [-0.25, -0.2) is 0 Å². The van der Waals surface area contributed by atoms with E-state index in [1.165, 1.54) is 24.0 Å². The van der Waals surface area contributed by atoms with Crippen LogP contribution in [0.15, 0.2) is 12.1 Å². The van der Waals surface area contributed by atoms with Gasteiger partial charge in [0.05, 0.1) is 6.61 Å². The van der Waals surface area contributed by atoms with Gasteiger partial charge in [0, 0.05) is 24.1 Å². The van der Waals surface area contributed by atoms with Gasteiger partial charge in [0.2, 0.25) is 0 Å². The molecule has 1 unspecified atom stereocenters. The Morgan fingerprint density at radius 2 is 2.21 bits per heavy atom. The lowest BCUT2D eigenvalue weighted by Gasteiger charge is -2.13. The lowest BCUT2D eigenvalue weighted by Crippen LogP contribution is -2.17. The number of nitrogens with one attached hydrogen (secondary N) is 1. The molecule has 0 amide bonds. The molecule has 1 aromatic rings. The van der Waals surface area contributed by atoms with Gasteiger partial charge in [0.1, 0.15) is 17.6 Å². The monoisotopic (exact) mass is 261 g/mol. The molecule has 1 aromatic carbocycles. The van der Waals surface area contributed by atoms with Crippen LogP contribution in [-0.2, 0) is 13.0 Å². The van der Waals surface area contributed by atoms with Crippen LogP contribution in [0, 0.1) is 5.92 Å². The summed E-state index contributed by atoms with van der Waals surface area (Å²) < 4.78 is 11.6. The zero-order valence-electron chi connectivity index (χ0n) is 11.9. The molecule has 0 radical (unpaired) electrons. The molecule has 0 aromatic heterocycles. The van der Waals surface area contributed by atoms with Crippen molar-refractivity contribution >= 4 is 0 Å². The molecule has 3 rings (SSSR count). The van der Waals surface area contributed by atoms with Crippen LogP contribution in [0.3, 0.4) is 0 Å². The van der Waals surface area contributed by atoms with E-state index >= 15 is 0 Å². The van der Waals surface area contributed by atoms with Crippen molar-refractivity contribution in [2.24, 2.45) is 5.92 Å². The summed E-state index contributed by atoms with van der Waals surface area (Å²) in [5.74, 6) is 2.96. The quantitative estimate of drug-likeness (QED) is 0.854. The molecule has 1 heterocycles. The number of fused-ring (bicyclic) bond motifs is 1. The number of ether oxygens (including phenoxy) is 2. The molecule has 1 aliphatic heterocycles. The van der Waals surface area contributed by atoms with Crippen LogP contribution in [-0.4, -0.2) is 19.3 Å². The highest BCUT2D eigenvalue weighted by atomic mass is 16.5. The van der Waals surface area contributed by atoms with Crippen LogP contribution >= 0.6 is 0 Å². The lowest BCUT2D eigenvalue weighted by molar-refractivity contribution is 0.254. The van der Waals surface area contributed by atoms with Gasteiger partial charge in [-0.05, 0) is 51.3 Å². The lowest BCUT2D eigenvalue weighted by atomic mass is 10.1. The van der Waals surface area contributed by atoms with Gasteiger partial charge >= 0.3 is 0 Å². The summed E-state index contributed by atoms with van der Waals surface area (Å²) in [6, 6.07) is 4.32. The molecule has 1 aliphatic carbocycles. The number of rotatable bonds is 6. The first-order valence-electron chi connectivity index (χ1n) is 7.42. The topological polar surface area (TPSA) is 30.5 Å². The standard InChI is InChI=1S/C16H23NO2/c1-3-18-15-7-13-6-11(2)19-16(13)8-14(15)10-17-9-12-4-5-12/h7-8,11-12,17H,3-6,9-10H2,1-2H3. The van der Waals surface area contributed by atoms with Crippen molar-refractivity contribution < 1.29 is 9.47 Å². The third kappa shape index (κ3) is 3.03. The molecule has 3 heteroatoms. The highest BCUT2D eigenvalue weighted by Crippen LogP contribution is 2.35. The van der Waals surface area contributed by atoms with Gasteiger partial charge in [0.15, 0.2) is 0 Å². The Morgan fingerprint density at radius 3 is 2.95 bits per heavy atom. The fraction of sp³-hybridized carbons (Fsp3) is 0.625. The molecule has 0 saturated heterocycles. The van der Waals surface area contributed by atoms with E-state index in [4.69, 9.17) is 9.47 Å². The first-order valence-corrected chi connectivity index (χ1v) is 7.42. The van der Waals surface area contributed by atoms with Crippen molar-refractivity contribution in [1.29, 1.82) is 0 Å². The maximum atomic E-state index is 5.84. The summed E-state index contributed by atoms with van der Waals surface area (Å²) in [4.78, 5) is 0. The van der Waals surface area contributed by atoms with Gasteiger partial charge in [-0.2, -0.15) is 0 Å². The average molecular weight is 261 g/mol. The number of benzene rings is 1. The molecule has 104 valence electrons. The zero-order chi connectivity index (χ0) is 13.2. The van der Waals surface area contributed by atoms with Crippen LogP contribution in [0.2, 0.25) is 0 Å². The minimum atomic E-state index is 0.291. The molecule has 3 nitrogen and oxygen atoms in total. The van der Waals surface area contributed by atoms with Gasteiger partial charge in [-0.1, -0.05) is 0 Å². The Bertz CT molecular complexity index is 454. The van der Waals surface area contributed by atoms with Crippen LogP contribution in [0.25, 0.3) is 0 Å². The second-order valence-corrected chi connectivity index (χ2v) is 5.71. The molecule has 1 N–H and O–H groups in total. The molecular weight excluding hydrogens is 238 g/mol. The fourth-order valence-electron chi connectivity index (χ4n) is 2.64. The molecule has 1 atom stereocenters. The predicted octanol–water partition coefficient (Wildman–Crippen LogP) is 2.91. The highest BCUT2D eigenvalue weighted by molar-refractivity contribution is 5.48. The van der Waals surface area contributed by atoms with Gasteiger partial charge in [-0.15, -0.1) is 0 Å². The summed E-state index contributed by atoms with van der Waals surface area (Å²) in [6.45, 7) is 6.86. The minimum Gasteiger partial charge on any atom is -0.494 e. The average Bonchev–Trinajstić information content (AvgIpc) is 3.11. The largest absolute Gasteiger partial charge is 0.494 e. The van der Waals surface area contributed by atoms with Gasteiger partial charge in [0.25, 0.3) is 0 Å². The van der Waals surface area contributed by atoms with Crippen LogP contribution in [0.1, 0.15) is 37.8 Å². The Hall–Kier alpha value is -1.22. The van der Waals surface area contributed by atoms with E-state index in [1.54, 1.807) is 0 Å². The molecule has 1 saturated carbocycles. The molecule has 19 heavy (non-hydrogen) atoms. The van der Waals surface area contributed by atoms with E-state index in [1.807, 2.05) is 6.92 Å². The molecule has 0 spiro atoms. The van der Waals surface area contributed by atoms with Crippen molar-refractivity contribution in [2.45, 2.75) is 45.8 Å². The van der Waals surface area contributed by atoms with E-state index in [0.717, 1.165) is 36.9 Å². The smallest absolute Gasteiger partial charge is 0.124 e. The third-order valence-corrected chi connectivity index (χ3v) is 3.82. The van der Waals surface area contributed by atoms with Crippen molar-refractivity contribution in [3.63, 3.8) is 0 Å². The summed E-state index contributed by atoms with van der Waals surface area (Å²) in [7, 11) is 0. The Kier molecular flexibility index (Phi) is 3.65. The van der Waals surface area contributed by atoms with Crippen molar-refractivity contribution in [3.05, 3.63) is 23.3 Å². The SMILES string of the molecule is CCOc1cc2c(cc1CNCC1CC1)OC(C)C2. The maximum Gasteiger partial charge on any atom is 0.124 e. The second kappa shape index (κ2) is 5.41. The highest BCUT2D eigenvalue weighted by Gasteiger charge is 2.23. The summed E-state index contributed by atoms with van der Waals surface area (Å²) in [5, 5.41) is 3.53. The summed E-state index contributed by atoms with van der Waals surface area (Å²) in [5.41, 5.74) is 2.50. The summed E-state index contributed by atoms with van der Waals surface area (Å²) >= 11 is 0. The van der Waals surface area contributed by atoms with Crippen molar-refractivity contribution in [3.8, 4) is 11.5 Å². The molecule has 1 fully saturated rings. The van der Waals surface area contributed by atoms with E-state index in [9.17, 15) is 0 Å². The first kappa shape index (κ1) is 12.8. The van der Waals surface area contributed by atoms with Crippen molar-refractivity contribution in [1.82, 2.24) is 5.32 Å². The predicted molar refractivity (Wildman–Crippen MR) is 75.8 cm³/mol. The van der Waals surface area contributed by atoms with Crippen LogP contribution in [0.4, 0.5) is 0 Å². The van der Waals surface area contributed by atoms with Gasteiger partial charge in [-0.3, -0.25) is 0 Å². The van der Waals surface area contributed by atoms with Crippen molar-refractivity contribution in [2.75, 3.05) is 13.2 Å². The number of hydrogen-bond donors (Lipinski definition) is 1. The second-order valence-electron chi connectivity index (χ2n) is 5.71. The normalized spacial score (nSPS) is 21.1. The minimum absolute atomic E-state index is 0.291. The maximum absolute atomic E-state index is 5.84. The van der Waals surface area contributed by atoms with E-state index in [2.05, 4.69) is 24.4 Å². The van der Waals surface area contributed by atoms with E-state index < -0.39 is 0 Å².